The van der Waals surface area contributed by atoms with E-state index in [9.17, 15) is 8.42 Å². The van der Waals surface area contributed by atoms with Gasteiger partial charge in [-0.15, -0.1) is 11.3 Å². The minimum absolute atomic E-state index is 0.272. The van der Waals surface area contributed by atoms with Crippen molar-refractivity contribution in [3.05, 3.63) is 57.7 Å². The van der Waals surface area contributed by atoms with Crippen LogP contribution in [0.25, 0.3) is 10.7 Å². The molecule has 0 spiro atoms. The number of thiazole rings is 1. The van der Waals surface area contributed by atoms with Crippen LogP contribution in [-0.4, -0.2) is 18.0 Å². The smallest absolute Gasteiger partial charge is 0.242 e. The third-order valence-electron chi connectivity index (χ3n) is 4.74. The summed E-state index contributed by atoms with van der Waals surface area (Å²) in [6.07, 6.45) is 0. The van der Waals surface area contributed by atoms with Crippen LogP contribution in [0.15, 0.2) is 35.2 Å². The highest BCUT2D eigenvalue weighted by Gasteiger charge is 2.23. The number of benzene rings is 1. The van der Waals surface area contributed by atoms with E-state index in [-0.39, 0.29) is 6.54 Å². The summed E-state index contributed by atoms with van der Waals surface area (Å²) in [4.78, 5) is 6.01. The lowest BCUT2D eigenvalue weighted by atomic mass is 10.1. The van der Waals surface area contributed by atoms with E-state index in [2.05, 4.69) is 9.71 Å². The molecule has 2 aromatic heterocycles. The van der Waals surface area contributed by atoms with Gasteiger partial charge < -0.3 is 4.57 Å². The van der Waals surface area contributed by atoms with Crippen molar-refractivity contribution in [3.8, 4) is 10.7 Å². The van der Waals surface area contributed by atoms with Gasteiger partial charge in [-0.25, -0.2) is 18.1 Å². The Kier molecular flexibility index (Phi) is 5.05. The van der Waals surface area contributed by atoms with Crippen molar-refractivity contribution in [1.29, 1.82) is 0 Å². The summed E-state index contributed by atoms with van der Waals surface area (Å²) in [5.74, 6) is 0. The Morgan fingerprint density at radius 1 is 1.15 bits per heavy atom. The molecular formula is C19H23N3O2S2. The van der Waals surface area contributed by atoms with Gasteiger partial charge in [-0.05, 0) is 44.9 Å². The Morgan fingerprint density at radius 2 is 1.85 bits per heavy atom. The molecule has 0 aliphatic heterocycles. The molecule has 26 heavy (non-hydrogen) atoms. The number of hydrogen-bond donors (Lipinski definition) is 1. The number of aryl methyl sites for hydroxylation is 3. The van der Waals surface area contributed by atoms with Crippen molar-refractivity contribution in [1.82, 2.24) is 14.3 Å². The quantitative estimate of drug-likeness (QED) is 0.721. The van der Waals surface area contributed by atoms with Crippen LogP contribution in [-0.2, 0) is 23.6 Å². The molecule has 3 rings (SSSR count). The third kappa shape index (κ3) is 3.47. The minimum atomic E-state index is -3.61. The lowest BCUT2D eigenvalue weighted by molar-refractivity contribution is 0.580. The molecule has 2 heterocycles. The van der Waals surface area contributed by atoms with Gasteiger partial charge in [-0.2, -0.15) is 0 Å². The topological polar surface area (TPSA) is 64.0 Å². The zero-order valence-corrected chi connectivity index (χ0v) is 17.3. The van der Waals surface area contributed by atoms with Crippen molar-refractivity contribution in [2.24, 2.45) is 7.05 Å². The predicted molar refractivity (Wildman–Crippen MR) is 106 cm³/mol. The van der Waals surface area contributed by atoms with E-state index in [0.717, 1.165) is 32.4 Å². The molecule has 0 saturated carbocycles. The van der Waals surface area contributed by atoms with Crippen LogP contribution < -0.4 is 4.72 Å². The fourth-order valence-electron chi connectivity index (χ4n) is 2.79. The summed E-state index contributed by atoms with van der Waals surface area (Å²) in [6, 6.07) is 9.48. The molecule has 0 bridgehead atoms. The predicted octanol–water partition coefficient (Wildman–Crippen LogP) is 3.86. The van der Waals surface area contributed by atoms with Crippen LogP contribution >= 0.6 is 11.3 Å². The summed E-state index contributed by atoms with van der Waals surface area (Å²) in [5, 5.41) is 0.839. The summed E-state index contributed by atoms with van der Waals surface area (Å²) in [5.41, 5.74) is 4.53. The molecule has 0 unspecified atom stereocenters. The second kappa shape index (κ2) is 6.98. The summed E-state index contributed by atoms with van der Waals surface area (Å²) in [7, 11) is -1.74. The third-order valence-corrected chi connectivity index (χ3v) is 7.35. The Morgan fingerprint density at radius 3 is 2.46 bits per heavy atom. The van der Waals surface area contributed by atoms with Crippen LogP contribution in [0.4, 0.5) is 0 Å². The van der Waals surface area contributed by atoms with Gasteiger partial charge in [0.05, 0.1) is 11.4 Å². The van der Waals surface area contributed by atoms with Crippen LogP contribution in [0.2, 0.25) is 0 Å². The highest BCUT2D eigenvalue weighted by Crippen LogP contribution is 2.31. The van der Waals surface area contributed by atoms with E-state index in [0.29, 0.717) is 10.6 Å². The van der Waals surface area contributed by atoms with Gasteiger partial charge in [-0.3, -0.25) is 0 Å². The lowest BCUT2D eigenvalue weighted by Gasteiger charge is -2.09. The van der Waals surface area contributed by atoms with E-state index in [1.165, 1.54) is 0 Å². The number of hydrogen-bond acceptors (Lipinski definition) is 4. The first-order chi connectivity index (χ1) is 12.2. The first-order valence-corrected chi connectivity index (χ1v) is 10.7. The SMILES string of the molecule is Cc1ccccc1CNS(=O)(=O)c1cc(-c2nc(C)c(C)s2)n(C)c1C. The number of rotatable bonds is 5. The molecule has 1 aromatic carbocycles. The highest BCUT2D eigenvalue weighted by atomic mass is 32.2. The summed E-state index contributed by atoms with van der Waals surface area (Å²) < 4.78 is 30.3. The van der Waals surface area contributed by atoms with Gasteiger partial charge in [0.15, 0.2) is 0 Å². The molecule has 0 aliphatic rings. The van der Waals surface area contributed by atoms with Gasteiger partial charge in [0, 0.05) is 24.2 Å². The molecule has 3 aromatic rings. The molecule has 0 atom stereocenters. The monoisotopic (exact) mass is 389 g/mol. The Hall–Kier alpha value is -1.96. The van der Waals surface area contributed by atoms with E-state index in [4.69, 9.17) is 0 Å². The first kappa shape index (κ1) is 18.8. The average Bonchev–Trinajstić information content (AvgIpc) is 3.07. The fourth-order valence-corrected chi connectivity index (χ4v) is 5.05. The van der Waals surface area contributed by atoms with E-state index in [1.807, 2.05) is 63.6 Å². The van der Waals surface area contributed by atoms with Crippen molar-refractivity contribution < 1.29 is 8.42 Å². The maximum absolute atomic E-state index is 12.9. The van der Waals surface area contributed by atoms with Crippen molar-refractivity contribution in [3.63, 3.8) is 0 Å². The molecule has 0 radical (unpaired) electrons. The van der Waals surface area contributed by atoms with Crippen molar-refractivity contribution in [2.75, 3.05) is 0 Å². The van der Waals surface area contributed by atoms with E-state index < -0.39 is 10.0 Å². The van der Waals surface area contributed by atoms with Gasteiger partial charge in [0.2, 0.25) is 10.0 Å². The minimum Gasteiger partial charge on any atom is -0.345 e. The average molecular weight is 390 g/mol. The second-order valence-electron chi connectivity index (χ2n) is 6.45. The molecule has 0 saturated heterocycles. The van der Waals surface area contributed by atoms with Crippen LogP contribution in [0, 0.1) is 27.7 Å². The van der Waals surface area contributed by atoms with Crippen LogP contribution in [0.3, 0.4) is 0 Å². The maximum atomic E-state index is 12.9. The molecule has 0 fully saturated rings. The molecule has 0 aliphatic carbocycles. The maximum Gasteiger partial charge on any atom is 0.242 e. The molecule has 1 N–H and O–H groups in total. The van der Waals surface area contributed by atoms with Gasteiger partial charge in [0.25, 0.3) is 0 Å². The van der Waals surface area contributed by atoms with E-state index >= 15 is 0 Å². The molecular weight excluding hydrogens is 366 g/mol. The standard InChI is InChI=1S/C19H23N3O2S2/c1-12-8-6-7-9-16(12)11-20-26(23,24)18-10-17(22(5)14(18)3)19-21-13(2)15(4)25-19/h6-10,20H,11H2,1-5H3. The van der Waals surface area contributed by atoms with E-state index in [1.54, 1.807) is 17.4 Å². The van der Waals surface area contributed by atoms with Crippen LogP contribution in [0.5, 0.6) is 0 Å². The summed E-state index contributed by atoms with van der Waals surface area (Å²) >= 11 is 1.58. The first-order valence-electron chi connectivity index (χ1n) is 8.35. The Bertz CT molecular complexity index is 1040. The van der Waals surface area contributed by atoms with Crippen molar-refractivity contribution in [2.45, 2.75) is 39.1 Å². The lowest BCUT2D eigenvalue weighted by Crippen LogP contribution is -2.24. The number of nitrogens with one attached hydrogen (secondary N) is 1. The zero-order valence-electron chi connectivity index (χ0n) is 15.6. The second-order valence-corrected chi connectivity index (χ2v) is 9.39. The molecule has 0 amide bonds. The number of aromatic nitrogens is 2. The number of nitrogens with zero attached hydrogens (tertiary/aromatic N) is 2. The van der Waals surface area contributed by atoms with Gasteiger partial charge in [0.1, 0.15) is 9.90 Å². The molecule has 138 valence electrons. The Balaban J connectivity index is 1.93. The Labute approximate surface area is 158 Å². The normalized spacial score (nSPS) is 11.9. The summed E-state index contributed by atoms with van der Waals surface area (Å²) in [6.45, 7) is 8.05. The molecule has 7 heteroatoms. The van der Waals surface area contributed by atoms with Gasteiger partial charge >= 0.3 is 0 Å². The van der Waals surface area contributed by atoms with Gasteiger partial charge in [-0.1, -0.05) is 24.3 Å². The van der Waals surface area contributed by atoms with Crippen molar-refractivity contribution >= 4 is 21.4 Å². The zero-order chi connectivity index (χ0) is 19.1. The number of sulfonamides is 1. The molecule has 5 nitrogen and oxygen atoms in total. The highest BCUT2D eigenvalue weighted by molar-refractivity contribution is 7.89. The fraction of sp³-hybridized carbons (Fsp3) is 0.316. The van der Waals surface area contributed by atoms with Crippen LogP contribution in [0.1, 0.15) is 27.4 Å². The largest absolute Gasteiger partial charge is 0.345 e.